The first kappa shape index (κ1) is 27.0. The fraction of sp³-hybridized carbons (Fsp3) is 0.500. The van der Waals surface area contributed by atoms with Crippen LogP contribution in [0.1, 0.15) is 49.9 Å². The minimum absolute atomic E-state index is 0.0547. The summed E-state index contributed by atoms with van der Waals surface area (Å²) in [6.07, 6.45) is 0. The number of hydrogen-bond acceptors (Lipinski definition) is 2. The fourth-order valence-corrected chi connectivity index (χ4v) is 5.52. The molecule has 2 aromatic carbocycles. The van der Waals surface area contributed by atoms with E-state index in [9.17, 15) is 13.2 Å². The lowest BCUT2D eigenvalue weighted by Gasteiger charge is -2.22. The molecule has 32 heavy (non-hydrogen) atoms. The molecule has 0 unspecified atom stereocenters. The Balaban J connectivity index is 2.84. The monoisotopic (exact) mass is 494 g/mol. The summed E-state index contributed by atoms with van der Waals surface area (Å²) in [5.74, 6) is -4.25. The molecule has 0 atom stereocenters. The molecular weight excluding hydrogens is 466 g/mol. The number of rotatable bonds is 9. The van der Waals surface area contributed by atoms with E-state index in [1.54, 1.807) is 0 Å². The van der Waals surface area contributed by atoms with Crippen molar-refractivity contribution in [2.24, 2.45) is 11.8 Å². The van der Waals surface area contributed by atoms with Gasteiger partial charge in [0.05, 0.1) is 4.90 Å². The third-order valence-electron chi connectivity index (χ3n) is 5.06. The van der Waals surface area contributed by atoms with Gasteiger partial charge in [-0.05, 0) is 42.4 Å². The third-order valence-corrected chi connectivity index (χ3v) is 8.21. The topological polar surface area (TPSA) is 0 Å². The lowest BCUT2D eigenvalue weighted by atomic mass is 9.90. The van der Waals surface area contributed by atoms with E-state index in [0.29, 0.717) is 11.5 Å². The van der Waals surface area contributed by atoms with Crippen LogP contribution in [0, 0.1) is 49.0 Å². The predicted molar refractivity (Wildman–Crippen MR) is 122 cm³/mol. The Hall–Kier alpha value is -1.28. The van der Waals surface area contributed by atoms with Crippen LogP contribution in [0.5, 0.6) is 0 Å². The standard InChI is InChI=1S/C24H28F6S2/c1-11(2)9-31-23-14(6)15(7-25)18(20(28)21(23)29)17-13(5)16(8-26)24(22(30)19(17)27)32-10-12(3)4/h11-12H,7-10H2,1-6H3. The van der Waals surface area contributed by atoms with E-state index in [-0.39, 0.29) is 43.9 Å². The van der Waals surface area contributed by atoms with Gasteiger partial charge in [0, 0.05) is 33.1 Å². The van der Waals surface area contributed by atoms with Gasteiger partial charge in [-0.3, -0.25) is 0 Å². The molecule has 0 radical (unpaired) electrons. The summed E-state index contributed by atoms with van der Waals surface area (Å²) in [7, 11) is 0. The van der Waals surface area contributed by atoms with Crippen LogP contribution in [-0.2, 0) is 13.3 Å². The van der Waals surface area contributed by atoms with Gasteiger partial charge in [0.1, 0.15) is 13.3 Å². The zero-order chi connectivity index (χ0) is 24.3. The molecule has 0 spiro atoms. The predicted octanol–water partition coefficient (Wildman–Crippen LogP) is 8.96. The summed E-state index contributed by atoms with van der Waals surface area (Å²) in [5, 5.41) is 0. The van der Waals surface area contributed by atoms with Gasteiger partial charge >= 0.3 is 0 Å². The van der Waals surface area contributed by atoms with Crippen molar-refractivity contribution in [1.29, 1.82) is 0 Å². The van der Waals surface area contributed by atoms with Crippen LogP contribution in [-0.4, -0.2) is 11.5 Å². The summed E-state index contributed by atoms with van der Waals surface area (Å²) in [6.45, 7) is 7.99. The van der Waals surface area contributed by atoms with Crippen LogP contribution >= 0.6 is 23.5 Å². The quantitative estimate of drug-likeness (QED) is 0.252. The van der Waals surface area contributed by atoms with Crippen molar-refractivity contribution in [1.82, 2.24) is 0 Å². The molecule has 0 aliphatic carbocycles. The lowest BCUT2D eigenvalue weighted by molar-refractivity contribution is 0.450. The van der Waals surface area contributed by atoms with Gasteiger partial charge in [-0.2, -0.15) is 0 Å². The average molecular weight is 495 g/mol. The van der Waals surface area contributed by atoms with Crippen molar-refractivity contribution in [2.45, 2.75) is 64.7 Å². The zero-order valence-electron chi connectivity index (χ0n) is 19.1. The highest BCUT2D eigenvalue weighted by Gasteiger charge is 2.30. The Bertz CT molecular complexity index is 986. The number of thioether (sulfide) groups is 2. The van der Waals surface area contributed by atoms with Gasteiger partial charge in [-0.15, -0.1) is 23.5 Å². The second kappa shape index (κ2) is 11.2. The highest BCUT2D eigenvalue weighted by atomic mass is 32.2. The zero-order valence-corrected chi connectivity index (χ0v) is 20.7. The van der Waals surface area contributed by atoms with Crippen LogP contribution < -0.4 is 0 Å². The van der Waals surface area contributed by atoms with Crippen molar-refractivity contribution in [2.75, 3.05) is 11.5 Å². The van der Waals surface area contributed by atoms with E-state index in [1.807, 2.05) is 27.7 Å². The van der Waals surface area contributed by atoms with E-state index >= 15 is 13.2 Å². The van der Waals surface area contributed by atoms with Crippen LogP contribution in [0.25, 0.3) is 11.1 Å². The molecule has 0 amide bonds. The van der Waals surface area contributed by atoms with Gasteiger partial charge in [0.2, 0.25) is 0 Å². The van der Waals surface area contributed by atoms with Crippen LogP contribution in [0.2, 0.25) is 0 Å². The van der Waals surface area contributed by atoms with Crippen molar-refractivity contribution in [3.63, 3.8) is 0 Å². The van der Waals surface area contributed by atoms with E-state index < -0.39 is 47.7 Å². The maximum atomic E-state index is 15.2. The van der Waals surface area contributed by atoms with Crippen molar-refractivity contribution >= 4 is 23.5 Å². The van der Waals surface area contributed by atoms with E-state index in [4.69, 9.17) is 0 Å². The average Bonchev–Trinajstić information content (AvgIpc) is 2.72. The maximum Gasteiger partial charge on any atom is 0.173 e. The van der Waals surface area contributed by atoms with Crippen molar-refractivity contribution < 1.29 is 26.3 Å². The molecule has 178 valence electrons. The van der Waals surface area contributed by atoms with Crippen LogP contribution in [0.15, 0.2) is 9.79 Å². The minimum Gasteiger partial charge on any atom is -0.246 e. The molecule has 0 nitrogen and oxygen atoms in total. The Morgan fingerprint density at radius 2 is 1.03 bits per heavy atom. The van der Waals surface area contributed by atoms with Gasteiger partial charge in [-0.25, -0.2) is 26.3 Å². The SMILES string of the molecule is Cc1c(CF)c(-c2c(C)c(CF)c(SCC(C)C)c(F)c2F)c(F)c(F)c1SCC(C)C. The first-order valence-electron chi connectivity index (χ1n) is 10.4. The van der Waals surface area contributed by atoms with Gasteiger partial charge in [0.15, 0.2) is 23.3 Å². The molecule has 0 aliphatic heterocycles. The summed E-state index contributed by atoms with van der Waals surface area (Å²) in [5.41, 5.74) is -1.63. The second-order valence-electron chi connectivity index (χ2n) is 8.55. The molecule has 0 aliphatic rings. The van der Waals surface area contributed by atoms with Crippen LogP contribution in [0.4, 0.5) is 26.3 Å². The van der Waals surface area contributed by atoms with Crippen molar-refractivity contribution in [3.8, 4) is 11.1 Å². The number of hydrogen-bond donors (Lipinski definition) is 0. The smallest absolute Gasteiger partial charge is 0.173 e. The normalized spacial score (nSPS) is 11.8. The van der Waals surface area contributed by atoms with Gasteiger partial charge in [-0.1, -0.05) is 27.7 Å². The molecule has 0 saturated carbocycles. The summed E-state index contributed by atoms with van der Waals surface area (Å²) in [4.78, 5) is -0.246. The highest BCUT2D eigenvalue weighted by molar-refractivity contribution is 7.99. The molecule has 8 heteroatoms. The molecule has 0 N–H and O–H groups in total. The molecule has 0 heterocycles. The van der Waals surface area contributed by atoms with Gasteiger partial charge < -0.3 is 0 Å². The first-order valence-corrected chi connectivity index (χ1v) is 12.3. The van der Waals surface area contributed by atoms with E-state index in [2.05, 4.69) is 0 Å². The van der Waals surface area contributed by atoms with E-state index in [1.165, 1.54) is 13.8 Å². The molecule has 0 saturated heterocycles. The molecule has 0 aromatic heterocycles. The largest absolute Gasteiger partial charge is 0.246 e. The summed E-state index contributed by atoms with van der Waals surface area (Å²) >= 11 is 2.02. The highest BCUT2D eigenvalue weighted by Crippen LogP contribution is 2.44. The number of alkyl halides is 2. The summed E-state index contributed by atoms with van der Waals surface area (Å²) in [6, 6.07) is 0. The molecule has 2 rings (SSSR count). The Kier molecular flexibility index (Phi) is 9.46. The molecular formula is C24H28F6S2. The third kappa shape index (κ3) is 5.27. The van der Waals surface area contributed by atoms with E-state index in [0.717, 1.165) is 23.5 Å². The lowest BCUT2D eigenvalue weighted by Crippen LogP contribution is -2.09. The molecule has 2 aromatic rings. The van der Waals surface area contributed by atoms with Crippen molar-refractivity contribution in [3.05, 3.63) is 45.5 Å². The Morgan fingerprint density at radius 3 is 1.50 bits per heavy atom. The van der Waals surface area contributed by atoms with Gasteiger partial charge in [0.25, 0.3) is 0 Å². The first-order chi connectivity index (χ1) is 15.0. The second-order valence-corrected chi connectivity index (χ2v) is 10.6. The number of halogens is 6. The van der Waals surface area contributed by atoms with Crippen LogP contribution in [0.3, 0.4) is 0 Å². The Morgan fingerprint density at radius 1 is 0.594 bits per heavy atom. The molecule has 0 fully saturated rings. The summed E-state index contributed by atoms with van der Waals surface area (Å²) < 4.78 is 88.5. The number of benzene rings is 2. The maximum absolute atomic E-state index is 15.2. The Labute approximate surface area is 194 Å². The fourth-order valence-electron chi connectivity index (χ4n) is 3.37. The molecule has 0 bridgehead atoms. The minimum atomic E-state index is -1.46.